The normalized spacial score (nSPS) is 14.0. The zero-order valence-electron chi connectivity index (χ0n) is 17.9. The molecule has 1 aliphatic heterocycles. The molecule has 2 aromatic carbocycles. The third-order valence-electron chi connectivity index (χ3n) is 6.07. The number of rotatable bonds is 3. The zero-order valence-corrected chi connectivity index (χ0v) is 17.9. The van der Waals surface area contributed by atoms with Crippen LogP contribution >= 0.6 is 0 Å². The Morgan fingerprint density at radius 3 is 2.31 bits per heavy atom. The number of nitrogens with one attached hydrogen (secondary N) is 1. The molecular formula is C26H24N4O2. The van der Waals surface area contributed by atoms with Crippen molar-refractivity contribution in [1.29, 1.82) is 0 Å². The quantitative estimate of drug-likeness (QED) is 0.536. The summed E-state index contributed by atoms with van der Waals surface area (Å²) >= 11 is 0. The number of piperazine rings is 1. The van der Waals surface area contributed by atoms with Crippen molar-refractivity contribution in [3.63, 3.8) is 0 Å². The van der Waals surface area contributed by atoms with Gasteiger partial charge in [0.15, 0.2) is 0 Å². The number of H-pyrrole nitrogens is 1. The number of amides is 2. The molecule has 3 heterocycles. The SMILES string of the molecule is CC(=O)N1CCN(C(=O)c2cccc(-c3cnc4[nH]cc(-c5ccccc5)c4c3)c2)CC1. The fourth-order valence-corrected chi connectivity index (χ4v) is 4.26. The van der Waals surface area contributed by atoms with Gasteiger partial charge in [0.1, 0.15) is 5.65 Å². The van der Waals surface area contributed by atoms with Crippen molar-refractivity contribution < 1.29 is 9.59 Å². The summed E-state index contributed by atoms with van der Waals surface area (Å²) in [4.78, 5) is 36.1. The molecule has 32 heavy (non-hydrogen) atoms. The number of hydrogen-bond acceptors (Lipinski definition) is 3. The number of nitrogens with zero attached hydrogens (tertiary/aromatic N) is 3. The Balaban J connectivity index is 1.43. The Labute approximate surface area is 186 Å². The minimum absolute atomic E-state index is 0.00397. The monoisotopic (exact) mass is 424 g/mol. The van der Waals surface area contributed by atoms with Crippen LogP contribution in [0.5, 0.6) is 0 Å². The van der Waals surface area contributed by atoms with Crippen LogP contribution in [-0.4, -0.2) is 57.8 Å². The highest BCUT2D eigenvalue weighted by molar-refractivity contribution is 5.98. The summed E-state index contributed by atoms with van der Waals surface area (Å²) in [5.41, 5.74) is 5.63. The first-order chi connectivity index (χ1) is 15.6. The summed E-state index contributed by atoms with van der Waals surface area (Å²) < 4.78 is 0. The first-order valence-corrected chi connectivity index (χ1v) is 10.8. The molecule has 160 valence electrons. The van der Waals surface area contributed by atoms with E-state index in [2.05, 4.69) is 28.2 Å². The second-order valence-electron chi connectivity index (χ2n) is 8.07. The van der Waals surface area contributed by atoms with E-state index in [9.17, 15) is 9.59 Å². The highest BCUT2D eigenvalue weighted by Crippen LogP contribution is 2.31. The molecule has 0 unspecified atom stereocenters. The average Bonchev–Trinajstić information content (AvgIpc) is 3.27. The lowest BCUT2D eigenvalue weighted by atomic mass is 10.0. The number of carbonyl (C=O) groups excluding carboxylic acids is 2. The van der Waals surface area contributed by atoms with Crippen LogP contribution in [0, 0.1) is 0 Å². The van der Waals surface area contributed by atoms with Gasteiger partial charge in [-0.15, -0.1) is 0 Å². The second kappa shape index (κ2) is 8.30. The van der Waals surface area contributed by atoms with Crippen LogP contribution in [0.1, 0.15) is 17.3 Å². The van der Waals surface area contributed by atoms with Gasteiger partial charge in [-0.2, -0.15) is 0 Å². The molecule has 0 aliphatic carbocycles. The molecule has 6 heteroatoms. The number of benzene rings is 2. The minimum Gasteiger partial charge on any atom is -0.346 e. The van der Waals surface area contributed by atoms with Crippen molar-refractivity contribution in [2.75, 3.05) is 26.2 Å². The van der Waals surface area contributed by atoms with E-state index in [0.29, 0.717) is 31.7 Å². The molecule has 1 fully saturated rings. The Morgan fingerprint density at radius 1 is 0.844 bits per heavy atom. The van der Waals surface area contributed by atoms with Crippen LogP contribution in [0.4, 0.5) is 0 Å². The van der Waals surface area contributed by atoms with Gasteiger partial charge in [0, 0.05) is 67.6 Å². The van der Waals surface area contributed by atoms with Crippen molar-refractivity contribution in [3.05, 3.63) is 78.6 Å². The van der Waals surface area contributed by atoms with Crippen LogP contribution in [0.2, 0.25) is 0 Å². The van der Waals surface area contributed by atoms with Crippen molar-refractivity contribution in [2.24, 2.45) is 0 Å². The summed E-state index contributed by atoms with van der Waals surface area (Å²) in [6, 6.07) is 20.0. The number of fused-ring (bicyclic) bond motifs is 1. The number of carbonyl (C=O) groups is 2. The van der Waals surface area contributed by atoms with Crippen LogP contribution in [-0.2, 0) is 4.79 Å². The smallest absolute Gasteiger partial charge is 0.253 e. The van der Waals surface area contributed by atoms with Gasteiger partial charge in [0.2, 0.25) is 5.91 Å². The molecule has 0 saturated carbocycles. The molecule has 1 N–H and O–H groups in total. The summed E-state index contributed by atoms with van der Waals surface area (Å²) in [6.45, 7) is 3.84. The Hall–Kier alpha value is -3.93. The Kier molecular flexibility index (Phi) is 5.19. The van der Waals surface area contributed by atoms with Crippen molar-refractivity contribution in [3.8, 4) is 22.3 Å². The van der Waals surface area contributed by atoms with E-state index >= 15 is 0 Å². The van der Waals surface area contributed by atoms with Gasteiger partial charge in [0.05, 0.1) is 0 Å². The Bertz CT molecular complexity index is 1290. The molecule has 6 nitrogen and oxygen atoms in total. The largest absolute Gasteiger partial charge is 0.346 e. The molecule has 0 radical (unpaired) electrons. The fourth-order valence-electron chi connectivity index (χ4n) is 4.26. The molecule has 1 saturated heterocycles. The molecule has 1 aliphatic rings. The van der Waals surface area contributed by atoms with Crippen LogP contribution < -0.4 is 0 Å². The standard InChI is InChI=1S/C26H24N4O2/c1-18(31)29-10-12-30(13-11-29)26(32)21-9-5-8-20(14-21)22-15-23-24(17-28-25(23)27-16-22)19-6-3-2-4-7-19/h2-9,14-17H,10-13H2,1H3,(H,27,28). The van der Waals surface area contributed by atoms with Gasteiger partial charge in [-0.1, -0.05) is 42.5 Å². The summed E-state index contributed by atoms with van der Waals surface area (Å²) in [5, 5.41) is 1.05. The van der Waals surface area contributed by atoms with Crippen molar-refractivity contribution in [1.82, 2.24) is 19.8 Å². The second-order valence-corrected chi connectivity index (χ2v) is 8.07. The summed E-state index contributed by atoms with van der Waals surface area (Å²) in [6.07, 6.45) is 3.82. The maximum atomic E-state index is 13.1. The number of aromatic nitrogens is 2. The van der Waals surface area contributed by atoms with Gasteiger partial charge in [-0.05, 0) is 29.3 Å². The zero-order chi connectivity index (χ0) is 22.1. The Morgan fingerprint density at radius 2 is 1.56 bits per heavy atom. The van der Waals surface area contributed by atoms with Gasteiger partial charge in [0.25, 0.3) is 5.91 Å². The highest BCUT2D eigenvalue weighted by Gasteiger charge is 2.23. The van der Waals surface area contributed by atoms with Gasteiger partial charge in [-0.25, -0.2) is 4.98 Å². The molecule has 2 aromatic heterocycles. The molecule has 4 aromatic rings. The molecule has 0 atom stereocenters. The highest BCUT2D eigenvalue weighted by atomic mass is 16.2. The average molecular weight is 425 g/mol. The third-order valence-corrected chi connectivity index (χ3v) is 6.07. The van der Waals surface area contributed by atoms with E-state index in [4.69, 9.17) is 0 Å². The lowest BCUT2D eigenvalue weighted by Gasteiger charge is -2.34. The minimum atomic E-state index is -0.00397. The van der Waals surface area contributed by atoms with Crippen LogP contribution in [0.25, 0.3) is 33.3 Å². The van der Waals surface area contributed by atoms with Crippen molar-refractivity contribution in [2.45, 2.75) is 6.92 Å². The lowest BCUT2D eigenvalue weighted by Crippen LogP contribution is -2.50. The van der Waals surface area contributed by atoms with Crippen LogP contribution in [0.3, 0.4) is 0 Å². The fraction of sp³-hybridized carbons (Fsp3) is 0.192. The van der Waals surface area contributed by atoms with E-state index in [1.165, 1.54) is 0 Å². The molecule has 0 bridgehead atoms. The lowest BCUT2D eigenvalue weighted by molar-refractivity contribution is -0.130. The first-order valence-electron chi connectivity index (χ1n) is 10.8. The molecular weight excluding hydrogens is 400 g/mol. The maximum Gasteiger partial charge on any atom is 0.253 e. The summed E-state index contributed by atoms with van der Waals surface area (Å²) in [7, 11) is 0. The van der Waals surface area contributed by atoms with E-state index in [1.807, 2.05) is 59.8 Å². The maximum absolute atomic E-state index is 13.1. The topological polar surface area (TPSA) is 69.3 Å². The first kappa shape index (κ1) is 20.0. The number of hydrogen-bond donors (Lipinski definition) is 1. The molecule has 0 spiro atoms. The van der Waals surface area contributed by atoms with E-state index in [1.54, 1.807) is 11.8 Å². The van der Waals surface area contributed by atoms with E-state index in [0.717, 1.165) is 33.3 Å². The van der Waals surface area contributed by atoms with Crippen LogP contribution in [0.15, 0.2) is 73.1 Å². The van der Waals surface area contributed by atoms with E-state index in [-0.39, 0.29) is 11.8 Å². The molecule has 5 rings (SSSR count). The van der Waals surface area contributed by atoms with Gasteiger partial charge >= 0.3 is 0 Å². The van der Waals surface area contributed by atoms with Crippen molar-refractivity contribution >= 4 is 22.8 Å². The predicted octanol–water partition coefficient (Wildman–Crippen LogP) is 4.20. The molecule has 2 amide bonds. The summed E-state index contributed by atoms with van der Waals surface area (Å²) in [5.74, 6) is 0.0531. The van der Waals surface area contributed by atoms with Gasteiger partial charge < -0.3 is 14.8 Å². The number of pyridine rings is 1. The van der Waals surface area contributed by atoms with Gasteiger partial charge in [-0.3, -0.25) is 9.59 Å². The number of aromatic amines is 1. The predicted molar refractivity (Wildman–Crippen MR) is 125 cm³/mol. The third kappa shape index (κ3) is 3.75. The van der Waals surface area contributed by atoms with E-state index < -0.39 is 0 Å².